The minimum atomic E-state index is -4.83. The Hall–Kier alpha value is -2.45. The maximum absolute atomic E-state index is 13.6. The molecule has 1 aromatic heterocycles. The number of sulfonamides is 1. The quantitative estimate of drug-likeness (QED) is 0.339. The Bertz CT molecular complexity index is 1260. The number of aromatic nitrogens is 1. The zero-order valence-corrected chi connectivity index (χ0v) is 22.5. The van der Waals surface area contributed by atoms with E-state index in [2.05, 4.69) is 15.0 Å². The fraction of sp³-hybridized carbons (Fsp3) is 0.500. The number of anilines is 2. The molecule has 1 amide bonds. The van der Waals surface area contributed by atoms with Gasteiger partial charge in [0.05, 0.1) is 17.2 Å². The molecule has 0 spiro atoms. The number of thiazole rings is 1. The molecule has 9 nitrogen and oxygen atoms in total. The molecule has 0 radical (unpaired) electrons. The Morgan fingerprint density at radius 3 is 2.54 bits per heavy atom. The number of nitrogens with one attached hydrogen (secondary N) is 1. The third-order valence-electron chi connectivity index (χ3n) is 4.90. The van der Waals surface area contributed by atoms with Crippen LogP contribution in [0.1, 0.15) is 25.8 Å². The lowest BCUT2D eigenvalue weighted by molar-refractivity contribution is -0.242. The number of benzene rings is 1. The minimum absolute atomic E-state index is 0.0625. The summed E-state index contributed by atoms with van der Waals surface area (Å²) < 4.78 is 109. The Balaban J connectivity index is 1.93. The highest BCUT2D eigenvalue weighted by Crippen LogP contribution is 2.41. The summed E-state index contributed by atoms with van der Waals surface area (Å²) in [5.74, 6) is 0.0919. The van der Waals surface area contributed by atoms with Gasteiger partial charge in [-0.05, 0) is 38.5 Å². The summed E-state index contributed by atoms with van der Waals surface area (Å²) in [6, 6.07) is 3.76. The van der Waals surface area contributed by atoms with Crippen molar-refractivity contribution in [2.75, 3.05) is 29.4 Å². The predicted molar refractivity (Wildman–Crippen MR) is 128 cm³/mol. The van der Waals surface area contributed by atoms with Crippen LogP contribution in [0.3, 0.4) is 0 Å². The van der Waals surface area contributed by atoms with Crippen LogP contribution in [0.5, 0.6) is 10.8 Å². The molecule has 17 heteroatoms. The molecule has 1 atom stereocenters. The first-order valence-corrected chi connectivity index (χ1v) is 13.4. The molecule has 2 heterocycles. The standard InChI is InChI=1S/C20H23F5N3O6PS2/c1-4-14-27-15(16(36-14)33-10-19(21,22)35)37(30,31)28-7-8-32-13-6-5-11(9-12(13)28)26-17(29)34-18(2,3)20(23,24)25/h5-6,9H,4,7-8,10,35H2,1-3H3,(H,26,29). The summed E-state index contributed by atoms with van der Waals surface area (Å²) in [5, 5.41) is 1.58. The van der Waals surface area contributed by atoms with Gasteiger partial charge in [-0.2, -0.15) is 30.4 Å². The number of fused-ring (bicyclic) bond motifs is 1. The lowest BCUT2D eigenvalue weighted by Gasteiger charge is -2.30. The second-order valence-electron chi connectivity index (χ2n) is 8.23. The molecular formula is C20H23F5N3O6PS2. The average molecular weight is 592 g/mol. The molecule has 3 rings (SSSR count). The van der Waals surface area contributed by atoms with Crippen LogP contribution in [-0.2, 0) is 21.2 Å². The smallest absolute Gasteiger partial charge is 0.427 e. The number of rotatable bonds is 8. The number of amides is 1. The molecule has 0 bridgehead atoms. The van der Waals surface area contributed by atoms with Gasteiger partial charge >= 0.3 is 12.3 Å². The first kappa shape index (κ1) is 29.1. The van der Waals surface area contributed by atoms with Crippen molar-refractivity contribution in [1.29, 1.82) is 0 Å². The number of carbonyl (C=O) groups is 1. The van der Waals surface area contributed by atoms with E-state index in [1.807, 2.05) is 0 Å². The van der Waals surface area contributed by atoms with Crippen molar-refractivity contribution < 1.29 is 49.4 Å². The number of carbonyl (C=O) groups excluding carboxylic acids is 1. The minimum Gasteiger partial charge on any atom is -0.489 e. The molecule has 0 aliphatic carbocycles. The topological polar surface area (TPSA) is 107 Å². The zero-order chi connectivity index (χ0) is 27.8. The molecule has 1 aliphatic rings. The molecular weight excluding hydrogens is 568 g/mol. The summed E-state index contributed by atoms with van der Waals surface area (Å²) in [6.45, 7) is 1.67. The van der Waals surface area contributed by atoms with E-state index in [0.717, 1.165) is 15.6 Å². The van der Waals surface area contributed by atoms with E-state index in [9.17, 15) is 35.2 Å². The summed E-state index contributed by atoms with van der Waals surface area (Å²) in [7, 11) is -3.18. The van der Waals surface area contributed by atoms with Crippen LogP contribution in [-0.4, -0.2) is 56.7 Å². The highest BCUT2D eigenvalue weighted by atomic mass is 32.2. The van der Waals surface area contributed by atoms with E-state index in [0.29, 0.717) is 25.3 Å². The van der Waals surface area contributed by atoms with E-state index in [1.54, 1.807) is 6.92 Å². The van der Waals surface area contributed by atoms with Crippen LogP contribution in [0.4, 0.5) is 38.1 Å². The zero-order valence-electron chi connectivity index (χ0n) is 19.7. The van der Waals surface area contributed by atoms with Crippen molar-refractivity contribution in [2.24, 2.45) is 0 Å². The number of nitrogens with zero attached hydrogens (tertiary/aromatic N) is 2. The SMILES string of the molecule is CCc1nc(S(=O)(=O)N2CCOc3ccc(NC(=O)OC(C)(C)C(F)(F)F)cc32)c(OCC(F)(F)P)s1. The number of hydrogen-bond donors (Lipinski definition) is 1. The van der Waals surface area contributed by atoms with Gasteiger partial charge in [-0.3, -0.25) is 9.62 Å². The molecule has 206 valence electrons. The maximum atomic E-state index is 13.6. The predicted octanol–water partition coefficient (Wildman–Crippen LogP) is 5.03. The average Bonchev–Trinajstić information content (AvgIpc) is 3.20. The Labute approximate surface area is 215 Å². The van der Waals surface area contributed by atoms with Crippen molar-refractivity contribution in [3.8, 4) is 10.8 Å². The van der Waals surface area contributed by atoms with Crippen LogP contribution in [0.25, 0.3) is 0 Å². The van der Waals surface area contributed by atoms with Crippen LogP contribution >= 0.6 is 20.6 Å². The molecule has 0 saturated carbocycles. The van der Waals surface area contributed by atoms with Crippen molar-refractivity contribution in [3.05, 3.63) is 23.2 Å². The number of ether oxygens (including phenoxy) is 3. The third-order valence-corrected chi connectivity index (χ3v) is 8.03. The van der Waals surface area contributed by atoms with E-state index < -0.39 is 45.2 Å². The first-order chi connectivity index (χ1) is 16.9. The van der Waals surface area contributed by atoms with Gasteiger partial charge in [0, 0.05) is 5.69 Å². The maximum Gasteiger partial charge on any atom is 0.427 e. The van der Waals surface area contributed by atoms with Gasteiger partial charge in [0.25, 0.3) is 15.7 Å². The Kier molecular flexibility index (Phi) is 8.16. The van der Waals surface area contributed by atoms with Gasteiger partial charge < -0.3 is 14.2 Å². The highest BCUT2D eigenvalue weighted by Gasteiger charge is 2.51. The highest BCUT2D eigenvalue weighted by molar-refractivity contribution is 7.93. The number of alkyl halides is 5. The summed E-state index contributed by atoms with van der Waals surface area (Å²) in [4.78, 5) is 16.1. The Morgan fingerprint density at radius 1 is 1.27 bits per heavy atom. The van der Waals surface area contributed by atoms with Crippen LogP contribution in [0.2, 0.25) is 0 Å². The summed E-state index contributed by atoms with van der Waals surface area (Å²) in [6.07, 6.45) is -5.93. The summed E-state index contributed by atoms with van der Waals surface area (Å²) in [5.41, 5.74) is -6.24. The fourth-order valence-corrected chi connectivity index (χ4v) is 5.71. The van der Waals surface area contributed by atoms with Gasteiger partial charge in [-0.1, -0.05) is 27.5 Å². The van der Waals surface area contributed by atoms with Gasteiger partial charge in [0.1, 0.15) is 12.4 Å². The monoisotopic (exact) mass is 591 g/mol. The van der Waals surface area contributed by atoms with Crippen molar-refractivity contribution in [2.45, 2.75) is 49.7 Å². The van der Waals surface area contributed by atoms with Crippen molar-refractivity contribution in [1.82, 2.24) is 4.98 Å². The third kappa shape index (κ3) is 6.71. The largest absolute Gasteiger partial charge is 0.489 e. The van der Waals surface area contributed by atoms with Gasteiger partial charge in [-0.15, -0.1) is 0 Å². The van der Waals surface area contributed by atoms with E-state index >= 15 is 0 Å². The lowest BCUT2D eigenvalue weighted by Crippen LogP contribution is -2.44. The number of hydrogen-bond acceptors (Lipinski definition) is 8. The number of aryl methyl sites for hydroxylation is 1. The van der Waals surface area contributed by atoms with Crippen LogP contribution in [0.15, 0.2) is 23.2 Å². The molecule has 1 N–H and O–H groups in total. The molecule has 1 unspecified atom stereocenters. The summed E-state index contributed by atoms with van der Waals surface area (Å²) >= 11 is 0.813. The second-order valence-corrected chi connectivity index (χ2v) is 11.9. The van der Waals surface area contributed by atoms with Crippen molar-refractivity contribution in [3.63, 3.8) is 0 Å². The van der Waals surface area contributed by atoms with Gasteiger partial charge in [0.15, 0.2) is 6.61 Å². The van der Waals surface area contributed by atoms with E-state index in [4.69, 9.17) is 9.47 Å². The van der Waals surface area contributed by atoms with E-state index in [-0.39, 0.29) is 35.3 Å². The fourth-order valence-electron chi connectivity index (χ4n) is 2.96. The first-order valence-electron chi connectivity index (χ1n) is 10.6. The normalized spacial score (nSPS) is 14.6. The lowest BCUT2D eigenvalue weighted by atomic mass is 10.1. The molecule has 0 fully saturated rings. The number of halogens is 5. The van der Waals surface area contributed by atoms with Crippen molar-refractivity contribution >= 4 is 48.1 Å². The molecule has 37 heavy (non-hydrogen) atoms. The second kappa shape index (κ2) is 10.4. The van der Waals surface area contributed by atoms with Crippen LogP contribution in [0, 0.1) is 0 Å². The van der Waals surface area contributed by atoms with Crippen LogP contribution < -0.4 is 19.1 Å². The molecule has 0 saturated heterocycles. The molecule has 1 aromatic carbocycles. The van der Waals surface area contributed by atoms with E-state index in [1.165, 1.54) is 27.4 Å². The molecule has 2 aromatic rings. The van der Waals surface area contributed by atoms with Gasteiger partial charge in [-0.25, -0.2) is 9.78 Å². The molecule has 1 aliphatic heterocycles. The van der Waals surface area contributed by atoms with Gasteiger partial charge in [0.2, 0.25) is 15.7 Å². The Morgan fingerprint density at radius 2 is 1.95 bits per heavy atom.